The van der Waals surface area contributed by atoms with E-state index in [1.807, 2.05) is 13.2 Å². The first-order chi connectivity index (χ1) is 8.36. The van der Waals surface area contributed by atoms with Crippen LogP contribution < -0.4 is 10.6 Å². The van der Waals surface area contributed by atoms with Gasteiger partial charge in [0.25, 0.3) is 0 Å². The second-order valence-corrected chi connectivity index (χ2v) is 4.96. The Bertz CT molecular complexity index is 393. The highest BCUT2D eigenvalue weighted by molar-refractivity contribution is 5.52. The molecule has 1 aromatic heterocycles. The fourth-order valence-electron chi connectivity index (χ4n) is 3.12. The Morgan fingerprint density at radius 1 is 1.35 bits per heavy atom. The van der Waals surface area contributed by atoms with Crippen LogP contribution in [0.25, 0.3) is 0 Å². The van der Waals surface area contributed by atoms with E-state index in [-0.39, 0.29) is 0 Å². The lowest BCUT2D eigenvalue weighted by Crippen LogP contribution is -2.33. The molecule has 0 aliphatic carbocycles. The molecule has 0 bridgehead atoms. The molecule has 3 rings (SSSR count). The predicted molar refractivity (Wildman–Crippen MR) is 70.4 cm³/mol. The third-order valence-electron chi connectivity index (χ3n) is 3.97. The molecule has 2 N–H and O–H groups in total. The maximum absolute atomic E-state index is 4.24. The third-order valence-corrected chi connectivity index (χ3v) is 3.97. The van der Waals surface area contributed by atoms with Crippen LogP contribution in [0, 0.1) is 0 Å². The fourth-order valence-corrected chi connectivity index (χ4v) is 3.12. The van der Waals surface area contributed by atoms with E-state index in [1.54, 1.807) is 0 Å². The van der Waals surface area contributed by atoms with Gasteiger partial charge in [-0.05, 0) is 31.9 Å². The summed E-state index contributed by atoms with van der Waals surface area (Å²) in [5.74, 6) is 0.927. The molecule has 2 aliphatic rings. The van der Waals surface area contributed by atoms with Crippen molar-refractivity contribution >= 4 is 11.5 Å². The zero-order valence-electron chi connectivity index (χ0n) is 10.3. The summed E-state index contributed by atoms with van der Waals surface area (Å²) < 4.78 is 0. The van der Waals surface area contributed by atoms with Gasteiger partial charge in [-0.3, -0.25) is 4.90 Å². The van der Waals surface area contributed by atoms with Crippen molar-refractivity contribution in [1.82, 2.24) is 9.88 Å². The van der Waals surface area contributed by atoms with Gasteiger partial charge in [0.15, 0.2) is 0 Å². The Hall–Kier alpha value is -1.29. The largest absolute Gasteiger partial charge is 0.381 e. The monoisotopic (exact) mass is 232 g/mol. The molecule has 4 heteroatoms. The molecule has 2 saturated heterocycles. The molecule has 2 unspecified atom stereocenters. The Kier molecular flexibility index (Phi) is 2.89. The van der Waals surface area contributed by atoms with Crippen LogP contribution in [0.3, 0.4) is 0 Å². The van der Waals surface area contributed by atoms with Crippen molar-refractivity contribution in [3.63, 3.8) is 0 Å². The van der Waals surface area contributed by atoms with Gasteiger partial charge in [0.05, 0.1) is 0 Å². The van der Waals surface area contributed by atoms with Crippen LogP contribution in [0.15, 0.2) is 18.3 Å². The fraction of sp³-hybridized carbons (Fsp3) is 0.615. The molecule has 0 aromatic carbocycles. The SMILES string of the molecule is CNc1cc(NC2CCN3CCCC23)ccn1. The van der Waals surface area contributed by atoms with Crippen molar-refractivity contribution in [2.24, 2.45) is 0 Å². The number of nitrogens with zero attached hydrogens (tertiary/aromatic N) is 2. The highest BCUT2D eigenvalue weighted by Crippen LogP contribution is 2.30. The number of nitrogens with one attached hydrogen (secondary N) is 2. The summed E-state index contributed by atoms with van der Waals surface area (Å²) in [4.78, 5) is 6.86. The molecular formula is C13H20N4. The highest BCUT2D eigenvalue weighted by Gasteiger charge is 2.36. The normalized spacial score (nSPS) is 28.1. The van der Waals surface area contributed by atoms with Gasteiger partial charge in [-0.25, -0.2) is 4.98 Å². The molecule has 3 heterocycles. The van der Waals surface area contributed by atoms with E-state index in [1.165, 1.54) is 38.0 Å². The third kappa shape index (κ3) is 2.09. The van der Waals surface area contributed by atoms with Gasteiger partial charge < -0.3 is 10.6 Å². The molecule has 0 amide bonds. The van der Waals surface area contributed by atoms with E-state index in [0.29, 0.717) is 6.04 Å². The van der Waals surface area contributed by atoms with Gasteiger partial charge in [-0.15, -0.1) is 0 Å². The van der Waals surface area contributed by atoms with Crippen molar-refractivity contribution in [3.8, 4) is 0 Å². The molecule has 0 saturated carbocycles. The van der Waals surface area contributed by atoms with Crippen molar-refractivity contribution in [3.05, 3.63) is 18.3 Å². The number of fused-ring (bicyclic) bond motifs is 1. The molecule has 0 spiro atoms. The van der Waals surface area contributed by atoms with Gasteiger partial charge >= 0.3 is 0 Å². The Labute approximate surface area is 102 Å². The van der Waals surface area contributed by atoms with E-state index >= 15 is 0 Å². The van der Waals surface area contributed by atoms with Gasteiger partial charge in [-0.2, -0.15) is 0 Å². The lowest BCUT2D eigenvalue weighted by molar-refractivity contribution is 0.318. The molecule has 4 nitrogen and oxygen atoms in total. The second kappa shape index (κ2) is 4.53. The minimum absolute atomic E-state index is 0.615. The average Bonchev–Trinajstić information content (AvgIpc) is 2.94. The molecule has 2 fully saturated rings. The minimum Gasteiger partial charge on any atom is -0.381 e. The van der Waals surface area contributed by atoms with E-state index in [0.717, 1.165) is 11.9 Å². The first kappa shape index (κ1) is 10.8. The van der Waals surface area contributed by atoms with Crippen molar-refractivity contribution < 1.29 is 0 Å². The van der Waals surface area contributed by atoms with Crippen LogP contribution in [-0.2, 0) is 0 Å². The lowest BCUT2D eigenvalue weighted by Gasteiger charge is -2.22. The topological polar surface area (TPSA) is 40.2 Å². The number of pyridine rings is 1. The number of hydrogen-bond acceptors (Lipinski definition) is 4. The van der Waals surface area contributed by atoms with E-state index < -0.39 is 0 Å². The van der Waals surface area contributed by atoms with Crippen LogP contribution >= 0.6 is 0 Å². The van der Waals surface area contributed by atoms with Crippen LogP contribution in [0.5, 0.6) is 0 Å². The van der Waals surface area contributed by atoms with E-state index in [2.05, 4.69) is 32.7 Å². The molecule has 0 radical (unpaired) electrons. The van der Waals surface area contributed by atoms with Gasteiger partial charge in [0, 0.05) is 43.6 Å². The van der Waals surface area contributed by atoms with E-state index in [4.69, 9.17) is 0 Å². The van der Waals surface area contributed by atoms with E-state index in [9.17, 15) is 0 Å². The van der Waals surface area contributed by atoms with Crippen LogP contribution in [0.1, 0.15) is 19.3 Å². The standard InChI is InChI=1S/C13H20N4/c1-14-13-9-10(4-6-15-13)16-11-5-8-17-7-2-3-12(11)17/h4,6,9,11-12H,2-3,5,7-8H2,1H3,(H2,14,15,16). The van der Waals surface area contributed by atoms with Crippen LogP contribution in [-0.4, -0.2) is 42.1 Å². The summed E-state index contributed by atoms with van der Waals surface area (Å²) in [6.45, 7) is 2.55. The molecule has 17 heavy (non-hydrogen) atoms. The van der Waals surface area contributed by atoms with Gasteiger partial charge in [0.1, 0.15) is 5.82 Å². The van der Waals surface area contributed by atoms with Gasteiger partial charge in [0.2, 0.25) is 0 Å². The molecule has 2 aliphatic heterocycles. The molecule has 92 valence electrons. The highest BCUT2D eigenvalue weighted by atomic mass is 15.2. The van der Waals surface area contributed by atoms with Crippen molar-refractivity contribution in [2.45, 2.75) is 31.3 Å². The van der Waals surface area contributed by atoms with Crippen molar-refractivity contribution in [2.75, 3.05) is 30.8 Å². The summed E-state index contributed by atoms with van der Waals surface area (Å²) >= 11 is 0. The summed E-state index contributed by atoms with van der Waals surface area (Å²) in [5.41, 5.74) is 1.18. The van der Waals surface area contributed by atoms with Gasteiger partial charge in [-0.1, -0.05) is 0 Å². The average molecular weight is 232 g/mol. The smallest absolute Gasteiger partial charge is 0.127 e. The minimum atomic E-state index is 0.615. The first-order valence-corrected chi connectivity index (χ1v) is 6.51. The Morgan fingerprint density at radius 3 is 3.18 bits per heavy atom. The van der Waals surface area contributed by atoms with Crippen LogP contribution in [0.2, 0.25) is 0 Å². The lowest BCUT2D eigenvalue weighted by atomic mass is 10.1. The zero-order valence-corrected chi connectivity index (χ0v) is 10.3. The first-order valence-electron chi connectivity index (χ1n) is 6.51. The van der Waals surface area contributed by atoms with Crippen molar-refractivity contribution in [1.29, 1.82) is 0 Å². The Morgan fingerprint density at radius 2 is 2.29 bits per heavy atom. The second-order valence-electron chi connectivity index (χ2n) is 4.96. The molecule has 2 atom stereocenters. The quantitative estimate of drug-likeness (QED) is 0.833. The summed E-state index contributed by atoms with van der Waals surface area (Å²) in [6.07, 6.45) is 5.83. The summed E-state index contributed by atoms with van der Waals surface area (Å²) in [5, 5.41) is 6.74. The Balaban J connectivity index is 1.70. The number of anilines is 2. The van der Waals surface area contributed by atoms with Crippen LogP contribution in [0.4, 0.5) is 11.5 Å². The molecular weight excluding hydrogens is 212 g/mol. The molecule has 1 aromatic rings. The maximum Gasteiger partial charge on any atom is 0.127 e. The number of rotatable bonds is 3. The summed E-state index contributed by atoms with van der Waals surface area (Å²) in [6, 6.07) is 5.50. The number of aromatic nitrogens is 1. The number of hydrogen-bond donors (Lipinski definition) is 2. The predicted octanol–water partition coefficient (Wildman–Crippen LogP) is 1.77. The summed E-state index contributed by atoms with van der Waals surface area (Å²) in [7, 11) is 1.90. The zero-order chi connectivity index (χ0) is 11.7. The maximum atomic E-state index is 4.24.